The molecular weight excluding hydrogens is 366 g/mol. The Kier molecular flexibility index (Phi) is 6.44. The molecule has 1 fully saturated rings. The fourth-order valence-corrected chi connectivity index (χ4v) is 3.83. The molecule has 0 saturated carbocycles. The van der Waals surface area contributed by atoms with Crippen LogP contribution in [-0.2, 0) is 4.79 Å². The predicted octanol–water partition coefficient (Wildman–Crippen LogP) is 0.241. The van der Waals surface area contributed by atoms with Crippen molar-refractivity contribution < 1.29 is 24.1 Å². The molecule has 0 spiro atoms. The van der Waals surface area contributed by atoms with Gasteiger partial charge in [0.1, 0.15) is 26.2 Å². The van der Waals surface area contributed by atoms with Gasteiger partial charge < -0.3 is 24.6 Å². The predicted molar refractivity (Wildman–Crippen MR) is 112 cm³/mol. The Hall–Kier alpha value is -2.83. The summed E-state index contributed by atoms with van der Waals surface area (Å²) in [6, 6.07) is 15.9. The molecule has 1 saturated heterocycles. The standard InChI is InChI=1S/C23H27N3O3/c27-23(24-20-8-9-21-22(17-20)29-18-28-21)10-12-26-15-13-25(14-16-26)11-4-7-19-5-2-1-3-6-19/h1-9,17H,10-16,18H2,(H,24,27)/p+2. The van der Waals surface area contributed by atoms with Gasteiger partial charge in [-0.2, -0.15) is 0 Å². The number of quaternary nitrogens is 2. The van der Waals surface area contributed by atoms with E-state index in [-0.39, 0.29) is 12.7 Å². The minimum absolute atomic E-state index is 0.0527. The molecule has 1 amide bonds. The van der Waals surface area contributed by atoms with E-state index in [4.69, 9.17) is 9.47 Å². The molecule has 0 atom stereocenters. The zero-order valence-corrected chi connectivity index (χ0v) is 16.7. The third-order valence-electron chi connectivity index (χ3n) is 5.54. The SMILES string of the molecule is O=C(CC[NH+]1CC[NH+](CC=Cc2ccccc2)CC1)Nc1ccc2c(c1)OCO2. The molecule has 6 heteroatoms. The van der Waals surface area contributed by atoms with Gasteiger partial charge in [-0.25, -0.2) is 0 Å². The van der Waals surface area contributed by atoms with Gasteiger partial charge in [0.05, 0.1) is 19.5 Å². The molecule has 3 N–H and O–H groups in total. The van der Waals surface area contributed by atoms with Crippen molar-refractivity contribution in [3.63, 3.8) is 0 Å². The Bertz CT molecular complexity index is 846. The largest absolute Gasteiger partial charge is 0.454 e. The number of ether oxygens (including phenoxy) is 2. The van der Waals surface area contributed by atoms with Crippen molar-refractivity contribution in [1.82, 2.24) is 0 Å². The number of rotatable bonds is 7. The first kappa shape index (κ1) is 19.5. The zero-order valence-electron chi connectivity index (χ0n) is 16.7. The maximum Gasteiger partial charge on any atom is 0.231 e. The number of carbonyl (C=O) groups is 1. The topological polar surface area (TPSA) is 56.4 Å². The summed E-state index contributed by atoms with van der Waals surface area (Å²) in [5, 5.41) is 2.96. The lowest BCUT2D eigenvalue weighted by atomic mass is 10.2. The van der Waals surface area contributed by atoms with Crippen molar-refractivity contribution >= 4 is 17.7 Å². The van der Waals surface area contributed by atoms with Gasteiger partial charge >= 0.3 is 0 Å². The second-order valence-electron chi connectivity index (χ2n) is 7.63. The van der Waals surface area contributed by atoms with E-state index in [0.717, 1.165) is 50.7 Å². The van der Waals surface area contributed by atoms with E-state index in [2.05, 4.69) is 41.7 Å². The minimum Gasteiger partial charge on any atom is -0.454 e. The molecule has 2 aliphatic rings. The van der Waals surface area contributed by atoms with E-state index in [1.54, 1.807) is 4.90 Å². The molecule has 2 aliphatic heterocycles. The number of hydrogen-bond donors (Lipinski definition) is 3. The Morgan fingerprint density at radius 2 is 1.72 bits per heavy atom. The average Bonchev–Trinajstić information content (AvgIpc) is 3.22. The Morgan fingerprint density at radius 1 is 0.966 bits per heavy atom. The van der Waals surface area contributed by atoms with E-state index in [9.17, 15) is 4.79 Å². The van der Waals surface area contributed by atoms with Crippen LogP contribution < -0.4 is 24.6 Å². The fourth-order valence-electron chi connectivity index (χ4n) is 3.83. The molecule has 2 heterocycles. The average molecular weight is 396 g/mol. The highest BCUT2D eigenvalue weighted by molar-refractivity contribution is 5.91. The Balaban J connectivity index is 1.14. The zero-order chi connectivity index (χ0) is 19.9. The molecule has 152 valence electrons. The maximum atomic E-state index is 12.3. The number of hydrogen-bond acceptors (Lipinski definition) is 3. The molecule has 29 heavy (non-hydrogen) atoms. The van der Waals surface area contributed by atoms with Crippen molar-refractivity contribution in [2.75, 3.05) is 51.4 Å². The summed E-state index contributed by atoms with van der Waals surface area (Å²) >= 11 is 0. The molecule has 0 bridgehead atoms. The first-order valence-electron chi connectivity index (χ1n) is 10.3. The Morgan fingerprint density at radius 3 is 2.55 bits per heavy atom. The molecule has 0 radical (unpaired) electrons. The van der Waals surface area contributed by atoms with Crippen LogP contribution in [0.1, 0.15) is 12.0 Å². The molecular formula is C23H29N3O3+2. The van der Waals surface area contributed by atoms with Gasteiger partial charge in [0, 0.05) is 11.8 Å². The molecule has 2 aromatic carbocycles. The molecule has 2 aromatic rings. The van der Waals surface area contributed by atoms with Crippen LogP contribution in [0.15, 0.2) is 54.6 Å². The van der Waals surface area contributed by atoms with Crippen LogP contribution in [0.25, 0.3) is 6.08 Å². The van der Waals surface area contributed by atoms with Crippen LogP contribution >= 0.6 is 0 Å². The number of anilines is 1. The summed E-state index contributed by atoms with van der Waals surface area (Å²) in [5.41, 5.74) is 2.01. The summed E-state index contributed by atoms with van der Waals surface area (Å²) in [7, 11) is 0. The second-order valence-corrected chi connectivity index (χ2v) is 7.63. The quantitative estimate of drug-likeness (QED) is 0.630. The monoisotopic (exact) mass is 395 g/mol. The third-order valence-corrected chi connectivity index (χ3v) is 5.54. The van der Waals surface area contributed by atoms with Gasteiger partial charge in [-0.15, -0.1) is 0 Å². The maximum absolute atomic E-state index is 12.3. The van der Waals surface area contributed by atoms with Gasteiger partial charge in [0.15, 0.2) is 11.5 Å². The lowest BCUT2D eigenvalue weighted by Crippen LogP contribution is -3.28. The van der Waals surface area contributed by atoms with Crippen molar-refractivity contribution in [2.24, 2.45) is 0 Å². The van der Waals surface area contributed by atoms with Gasteiger partial charge in [0.25, 0.3) is 0 Å². The van der Waals surface area contributed by atoms with E-state index in [0.29, 0.717) is 12.2 Å². The minimum atomic E-state index is 0.0527. The van der Waals surface area contributed by atoms with E-state index in [1.165, 1.54) is 10.5 Å². The van der Waals surface area contributed by atoms with Crippen molar-refractivity contribution in [3.8, 4) is 11.5 Å². The lowest BCUT2D eigenvalue weighted by molar-refractivity contribution is -1.01. The summed E-state index contributed by atoms with van der Waals surface area (Å²) in [5.74, 6) is 1.47. The molecule has 0 aromatic heterocycles. The second kappa shape index (κ2) is 9.58. The molecule has 0 aliphatic carbocycles. The number of nitrogens with one attached hydrogen (secondary N) is 3. The molecule has 0 unspecified atom stereocenters. The summed E-state index contributed by atoms with van der Waals surface area (Å²) in [6.07, 6.45) is 5.01. The van der Waals surface area contributed by atoms with Gasteiger partial charge in [-0.3, -0.25) is 4.79 Å². The summed E-state index contributed by atoms with van der Waals surface area (Å²) in [6.45, 7) is 6.72. The van der Waals surface area contributed by atoms with Crippen LogP contribution in [0.3, 0.4) is 0 Å². The molecule has 4 rings (SSSR count). The first-order chi connectivity index (χ1) is 14.3. The van der Waals surface area contributed by atoms with Crippen LogP contribution in [0.4, 0.5) is 5.69 Å². The van der Waals surface area contributed by atoms with Crippen molar-refractivity contribution in [3.05, 3.63) is 60.2 Å². The normalized spacial score (nSPS) is 20.7. The highest BCUT2D eigenvalue weighted by Gasteiger charge is 2.22. The van der Waals surface area contributed by atoms with Crippen molar-refractivity contribution in [2.45, 2.75) is 6.42 Å². The van der Waals surface area contributed by atoms with E-state index in [1.807, 2.05) is 24.3 Å². The third kappa shape index (κ3) is 5.59. The van der Waals surface area contributed by atoms with Crippen LogP contribution in [-0.4, -0.2) is 52.0 Å². The van der Waals surface area contributed by atoms with Gasteiger partial charge in [-0.1, -0.05) is 36.4 Å². The fraction of sp³-hybridized carbons (Fsp3) is 0.348. The van der Waals surface area contributed by atoms with Crippen LogP contribution in [0.5, 0.6) is 11.5 Å². The number of fused-ring (bicyclic) bond motifs is 1. The number of piperazine rings is 1. The number of carbonyl (C=O) groups excluding carboxylic acids is 1. The highest BCUT2D eigenvalue weighted by Crippen LogP contribution is 2.34. The van der Waals surface area contributed by atoms with Crippen LogP contribution in [0.2, 0.25) is 0 Å². The highest BCUT2D eigenvalue weighted by atomic mass is 16.7. The number of benzene rings is 2. The smallest absolute Gasteiger partial charge is 0.231 e. The van der Waals surface area contributed by atoms with E-state index < -0.39 is 0 Å². The van der Waals surface area contributed by atoms with Gasteiger partial charge in [0.2, 0.25) is 12.7 Å². The Labute approximate surface area is 171 Å². The van der Waals surface area contributed by atoms with Crippen molar-refractivity contribution in [1.29, 1.82) is 0 Å². The summed E-state index contributed by atoms with van der Waals surface area (Å²) in [4.78, 5) is 15.4. The lowest BCUT2D eigenvalue weighted by Gasteiger charge is -2.29. The van der Waals surface area contributed by atoms with Crippen LogP contribution in [0, 0.1) is 0 Å². The number of amides is 1. The first-order valence-corrected chi connectivity index (χ1v) is 10.3. The molecule has 6 nitrogen and oxygen atoms in total. The van der Waals surface area contributed by atoms with Gasteiger partial charge in [-0.05, 0) is 23.8 Å². The summed E-state index contributed by atoms with van der Waals surface area (Å²) < 4.78 is 10.7. The van der Waals surface area contributed by atoms with E-state index >= 15 is 0 Å².